The van der Waals surface area contributed by atoms with Crippen molar-refractivity contribution in [2.75, 3.05) is 20.3 Å². The molecule has 0 bridgehead atoms. The lowest BCUT2D eigenvalue weighted by Crippen LogP contribution is -2.38. The van der Waals surface area contributed by atoms with Crippen LogP contribution in [0.5, 0.6) is 11.5 Å². The maximum atomic E-state index is 12.0. The molecular weight excluding hydrogens is 234 g/mol. The second kappa shape index (κ2) is 5.73. The van der Waals surface area contributed by atoms with Gasteiger partial charge in [-0.05, 0) is 31.0 Å². The predicted octanol–water partition coefficient (Wildman–Crippen LogP) is 1.31. The van der Waals surface area contributed by atoms with Crippen LogP contribution in [-0.4, -0.2) is 37.4 Å². The summed E-state index contributed by atoms with van der Waals surface area (Å²) in [6.07, 6.45) is 1.65. The standard InChI is InChI=1S/C13H17NO4/c1-17-12-3-2-9(8-11(12)15)13(16)14-10-4-6-18-7-5-10/h2-3,8,10,15H,4-7H2,1H3,(H,14,16). The molecule has 1 aliphatic rings. The SMILES string of the molecule is COc1ccc(C(=O)NC2CCOCC2)cc1O. The highest BCUT2D eigenvalue weighted by molar-refractivity contribution is 5.95. The smallest absolute Gasteiger partial charge is 0.251 e. The first-order chi connectivity index (χ1) is 8.70. The number of carbonyl (C=O) groups is 1. The van der Waals surface area contributed by atoms with Gasteiger partial charge >= 0.3 is 0 Å². The Labute approximate surface area is 106 Å². The second-order valence-electron chi connectivity index (χ2n) is 4.25. The van der Waals surface area contributed by atoms with Crippen LogP contribution in [0.15, 0.2) is 18.2 Å². The first-order valence-corrected chi connectivity index (χ1v) is 5.96. The third-order valence-corrected chi connectivity index (χ3v) is 3.00. The van der Waals surface area contributed by atoms with Gasteiger partial charge in [-0.2, -0.15) is 0 Å². The van der Waals surface area contributed by atoms with Crippen molar-refractivity contribution in [3.05, 3.63) is 23.8 Å². The number of amides is 1. The number of carbonyl (C=O) groups excluding carboxylic acids is 1. The van der Waals surface area contributed by atoms with E-state index in [1.165, 1.54) is 13.2 Å². The minimum atomic E-state index is -0.181. The minimum Gasteiger partial charge on any atom is -0.504 e. The van der Waals surface area contributed by atoms with Crippen molar-refractivity contribution in [2.45, 2.75) is 18.9 Å². The van der Waals surface area contributed by atoms with Crippen molar-refractivity contribution < 1.29 is 19.4 Å². The Morgan fingerprint density at radius 3 is 2.78 bits per heavy atom. The lowest BCUT2D eigenvalue weighted by Gasteiger charge is -2.23. The highest BCUT2D eigenvalue weighted by atomic mass is 16.5. The number of ether oxygens (including phenoxy) is 2. The van der Waals surface area contributed by atoms with Crippen molar-refractivity contribution in [2.24, 2.45) is 0 Å². The summed E-state index contributed by atoms with van der Waals surface area (Å²) in [5.74, 6) is 0.148. The van der Waals surface area contributed by atoms with Crippen LogP contribution in [0.1, 0.15) is 23.2 Å². The Bertz CT molecular complexity index is 427. The zero-order valence-electron chi connectivity index (χ0n) is 10.3. The van der Waals surface area contributed by atoms with E-state index in [1.54, 1.807) is 12.1 Å². The molecule has 1 heterocycles. The van der Waals surface area contributed by atoms with Crippen LogP contribution >= 0.6 is 0 Å². The molecule has 1 aromatic rings. The molecule has 0 radical (unpaired) electrons. The lowest BCUT2D eigenvalue weighted by atomic mass is 10.1. The molecule has 5 nitrogen and oxygen atoms in total. The summed E-state index contributed by atoms with van der Waals surface area (Å²) in [5, 5.41) is 12.6. The molecule has 1 fully saturated rings. The van der Waals surface area contributed by atoms with Gasteiger partial charge in [-0.3, -0.25) is 4.79 Å². The summed E-state index contributed by atoms with van der Waals surface area (Å²) in [4.78, 5) is 12.0. The van der Waals surface area contributed by atoms with Crippen LogP contribution in [0.2, 0.25) is 0 Å². The Kier molecular flexibility index (Phi) is 4.04. The van der Waals surface area contributed by atoms with E-state index >= 15 is 0 Å². The second-order valence-corrected chi connectivity index (χ2v) is 4.25. The Morgan fingerprint density at radius 1 is 1.44 bits per heavy atom. The highest BCUT2D eigenvalue weighted by Crippen LogP contribution is 2.26. The summed E-state index contributed by atoms with van der Waals surface area (Å²) in [7, 11) is 1.47. The van der Waals surface area contributed by atoms with E-state index in [2.05, 4.69) is 5.32 Å². The number of rotatable bonds is 3. The van der Waals surface area contributed by atoms with Gasteiger partial charge in [0.05, 0.1) is 7.11 Å². The molecule has 1 saturated heterocycles. The van der Waals surface area contributed by atoms with Gasteiger partial charge in [0, 0.05) is 24.8 Å². The zero-order valence-corrected chi connectivity index (χ0v) is 10.3. The van der Waals surface area contributed by atoms with Gasteiger partial charge < -0.3 is 19.9 Å². The number of nitrogens with one attached hydrogen (secondary N) is 1. The van der Waals surface area contributed by atoms with E-state index in [1.807, 2.05) is 0 Å². The van der Waals surface area contributed by atoms with E-state index in [0.29, 0.717) is 24.5 Å². The molecule has 0 unspecified atom stereocenters. The summed E-state index contributed by atoms with van der Waals surface area (Å²) in [6, 6.07) is 4.77. The Hall–Kier alpha value is -1.75. The topological polar surface area (TPSA) is 67.8 Å². The number of phenols is 1. The van der Waals surface area contributed by atoms with Crippen LogP contribution in [0, 0.1) is 0 Å². The quantitative estimate of drug-likeness (QED) is 0.850. The summed E-state index contributed by atoms with van der Waals surface area (Å²) < 4.78 is 10.2. The van der Waals surface area contributed by atoms with E-state index in [4.69, 9.17) is 9.47 Å². The molecule has 0 atom stereocenters. The number of methoxy groups -OCH3 is 1. The van der Waals surface area contributed by atoms with Gasteiger partial charge in [0.15, 0.2) is 11.5 Å². The molecule has 5 heteroatoms. The van der Waals surface area contributed by atoms with E-state index in [-0.39, 0.29) is 17.7 Å². The fourth-order valence-corrected chi connectivity index (χ4v) is 1.94. The van der Waals surface area contributed by atoms with E-state index in [9.17, 15) is 9.90 Å². The van der Waals surface area contributed by atoms with Gasteiger partial charge in [-0.25, -0.2) is 0 Å². The van der Waals surface area contributed by atoms with E-state index < -0.39 is 0 Å². The molecule has 0 aromatic heterocycles. The number of hydrogen-bond donors (Lipinski definition) is 2. The summed E-state index contributed by atoms with van der Waals surface area (Å²) in [6.45, 7) is 1.36. The summed E-state index contributed by atoms with van der Waals surface area (Å²) in [5.41, 5.74) is 0.430. The zero-order chi connectivity index (χ0) is 13.0. The minimum absolute atomic E-state index is 0.0304. The van der Waals surface area contributed by atoms with Gasteiger partial charge in [0.1, 0.15) is 0 Å². The lowest BCUT2D eigenvalue weighted by molar-refractivity contribution is 0.0696. The van der Waals surface area contributed by atoms with Gasteiger partial charge in [0.2, 0.25) is 0 Å². The molecule has 98 valence electrons. The Balaban J connectivity index is 2.01. The number of phenolic OH excluding ortho intramolecular Hbond substituents is 1. The third kappa shape index (κ3) is 2.92. The predicted molar refractivity (Wildman–Crippen MR) is 66.0 cm³/mol. The van der Waals surface area contributed by atoms with Crippen molar-refractivity contribution in [3.63, 3.8) is 0 Å². The molecule has 1 aliphatic heterocycles. The molecule has 0 spiro atoms. The van der Waals surface area contributed by atoms with Crippen LogP contribution < -0.4 is 10.1 Å². The normalized spacial score (nSPS) is 16.3. The van der Waals surface area contributed by atoms with E-state index in [0.717, 1.165) is 12.8 Å². The van der Waals surface area contributed by atoms with Gasteiger partial charge in [-0.1, -0.05) is 0 Å². The van der Waals surface area contributed by atoms with Gasteiger partial charge in [0.25, 0.3) is 5.91 Å². The average Bonchev–Trinajstić information content (AvgIpc) is 2.39. The van der Waals surface area contributed by atoms with Crippen LogP contribution in [0.3, 0.4) is 0 Å². The molecule has 0 aliphatic carbocycles. The molecular formula is C13H17NO4. The molecule has 1 amide bonds. The third-order valence-electron chi connectivity index (χ3n) is 3.00. The van der Waals surface area contributed by atoms with Crippen molar-refractivity contribution in [1.29, 1.82) is 0 Å². The largest absolute Gasteiger partial charge is 0.504 e. The summed E-state index contributed by atoms with van der Waals surface area (Å²) >= 11 is 0. The van der Waals surface area contributed by atoms with Crippen molar-refractivity contribution in [3.8, 4) is 11.5 Å². The highest BCUT2D eigenvalue weighted by Gasteiger charge is 2.17. The van der Waals surface area contributed by atoms with Crippen molar-refractivity contribution in [1.82, 2.24) is 5.32 Å². The fraction of sp³-hybridized carbons (Fsp3) is 0.462. The maximum Gasteiger partial charge on any atom is 0.251 e. The molecule has 0 saturated carbocycles. The molecule has 2 rings (SSSR count). The van der Waals surface area contributed by atoms with Crippen LogP contribution in [-0.2, 0) is 4.74 Å². The Morgan fingerprint density at radius 2 is 2.17 bits per heavy atom. The monoisotopic (exact) mass is 251 g/mol. The number of benzene rings is 1. The van der Waals surface area contributed by atoms with Crippen LogP contribution in [0.4, 0.5) is 0 Å². The van der Waals surface area contributed by atoms with Gasteiger partial charge in [-0.15, -0.1) is 0 Å². The molecule has 2 N–H and O–H groups in total. The number of hydrogen-bond acceptors (Lipinski definition) is 4. The maximum absolute atomic E-state index is 12.0. The number of aromatic hydroxyl groups is 1. The average molecular weight is 251 g/mol. The molecule has 18 heavy (non-hydrogen) atoms. The fourth-order valence-electron chi connectivity index (χ4n) is 1.94. The van der Waals surface area contributed by atoms with Crippen molar-refractivity contribution >= 4 is 5.91 Å². The molecule has 1 aromatic carbocycles. The first kappa shape index (κ1) is 12.7. The first-order valence-electron chi connectivity index (χ1n) is 5.96. The van der Waals surface area contributed by atoms with Crippen LogP contribution in [0.25, 0.3) is 0 Å².